The molecule has 0 saturated carbocycles. The zero-order valence-corrected chi connectivity index (χ0v) is 13.6. The van der Waals surface area contributed by atoms with Gasteiger partial charge in [-0.25, -0.2) is 13.2 Å². The number of hydrogen-bond acceptors (Lipinski definition) is 1. The fraction of sp³-hybridized carbons (Fsp3) is 0.250. The van der Waals surface area contributed by atoms with E-state index < -0.39 is 23.5 Å². The Morgan fingerprint density at radius 3 is 2.33 bits per heavy atom. The highest BCUT2D eigenvalue weighted by Crippen LogP contribution is 2.28. The summed E-state index contributed by atoms with van der Waals surface area (Å²) in [5.74, 6) is -2.66. The lowest BCUT2D eigenvalue weighted by Crippen LogP contribution is -2.25. The fourth-order valence-corrected chi connectivity index (χ4v) is 2.76. The van der Waals surface area contributed by atoms with Crippen molar-refractivity contribution >= 4 is 22.6 Å². The van der Waals surface area contributed by atoms with Crippen molar-refractivity contribution in [2.24, 2.45) is 0 Å². The van der Waals surface area contributed by atoms with E-state index in [4.69, 9.17) is 0 Å². The van der Waals surface area contributed by atoms with Crippen LogP contribution < -0.4 is 5.32 Å². The van der Waals surface area contributed by atoms with E-state index in [1.54, 1.807) is 6.07 Å². The fourth-order valence-electron chi connectivity index (χ4n) is 2.19. The summed E-state index contributed by atoms with van der Waals surface area (Å²) in [7, 11) is 0. The van der Waals surface area contributed by atoms with Gasteiger partial charge in [0.05, 0.1) is 6.04 Å². The molecular weight excluding hydrogens is 390 g/mol. The van der Waals surface area contributed by atoms with Crippen LogP contribution in [0.2, 0.25) is 0 Å². The van der Waals surface area contributed by atoms with E-state index in [0.29, 0.717) is 18.7 Å². The summed E-state index contributed by atoms with van der Waals surface area (Å²) in [4.78, 5) is 0. The van der Waals surface area contributed by atoms with Gasteiger partial charge in [-0.2, -0.15) is 0 Å². The Labute approximate surface area is 135 Å². The van der Waals surface area contributed by atoms with Crippen LogP contribution in [0.15, 0.2) is 36.4 Å². The van der Waals surface area contributed by atoms with E-state index in [0.717, 1.165) is 15.6 Å². The highest BCUT2D eigenvalue weighted by atomic mass is 127. The molecule has 0 aromatic heterocycles. The average Bonchev–Trinajstić information content (AvgIpc) is 2.41. The van der Waals surface area contributed by atoms with Gasteiger partial charge in [0.1, 0.15) is 17.5 Å². The number of hydrogen-bond donors (Lipinski definition) is 1. The van der Waals surface area contributed by atoms with Gasteiger partial charge in [-0.15, -0.1) is 0 Å². The predicted octanol–water partition coefficient (Wildman–Crippen LogP) is 4.80. The normalized spacial score (nSPS) is 12.4. The third-order valence-electron chi connectivity index (χ3n) is 3.11. The van der Waals surface area contributed by atoms with Crippen molar-refractivity contribution in [3.05, 3.63) is 68.5 Å². The summed E-state index contributed by atoms with van der Waals surface area (Å²) in [5.41, 5.74) is 0.603. The molecule has 112 valence electrons. The summed E-state index contributed by atoms with van der Waals surface area (Å²) >= 11 is 2.14. The Morgan fingerprint density at radius 2 is 1.76 bits per heavy atom. The molecule has 0 amide bonds. The van der Waals surface area contributed by atoms with Crippen molar-refractivity contribution in [2.75, 3.05) is 6.54 Å². The van der Waals surface area contributed by atoms with Crippen molar-refractivity contribution in [3.63, 3.8) is 0 Å². The van der Waals surface area contributed by atoms with E-state index in [-0.39, 0.29) is 5.56 Å². The molecule has 0 bridgehead atoms. The minimum atomic E-state index is -0.911. The van der Waals surface area contributed by atoms with Crippen molar-refractivity contribution in [3.8, 4) is 0 Å². The third-order valence-corrected chi connectivity index (χ3v) is 3.78. The molecule has 21 heavy (non-hydrogen) atoms. The van der Waals surface area contributed by atoms with Gasteiger partial charge in [0.2, 0.25) is 0 Å². The smallest absolute Gasteiger partial charge is 0.134 e. The van der Waals surface area contributed by atoms with Gasteiger partial charge >= 0.3 is 0 Å². The van der Waals surface area contributed by atoms with Crippen LogP contribution in [0.3, 0.4) is 0 Å². The molecule has 0 aliphatic rings. The van der Waals surface area contributed by atoms with E-state index in [1.807, 2.05) is 25.1 Å². The summed E-state index contributed by atoms with van der Waals surface area (Å²) in [6.07, 6.45) is 0.824. The Balaban J connectivity index is 2.50. The van der Waals surface area contributed by atoms with Gasteiger partial charge in [0.25, 0.3) is 0 Å². The SMILES string of the molecule is CCCNC(c1cccc(I)c1)c1c(F)cc(F)cc1F. The molecule has 0 fully saturated rings. The van der Waals surface area contributed by atoms with Crippen molar-refractivity contribution in [1.29, 1.82) is 0 Å². The molecule has 0 heterocycles. The van der Waals surface area contributed by atoms with Gasteiger partial charge < -0.3 is 5.32 Å². The monoisotopic (exact) mass is 405 g/mol. The Morgan fingerprint density at radius 1 is 1.10 bits per heavy atom. The van der Waals surface area contributed by atoms with Gasteiger partial charge in [-0.3, -0.25) is 0 Å². The lowest BCUT2D eigenvalue weighted by molar-refractivity contribution is 0.486. The maximum absolute atomic E-state index is 14.1. The molecule has 0 spiro atoms. The maximum atomic E-state index is 14.1. The lowest BCUT2D eigenvalue weighted by atomic mass is 9.97. The van der Waals surface area contributed by atoms with Crippen LogP contribution in [0.25, 0.3) is 0 Å². The number of nitrogens with one attached hydrogen (secondary N) is 1. The van der Waals surface area contributed by atoms with Gasteiger partial charge in [0.15, 0.2) is 0 Å². The Hall–Kier alpha value is -1.08. The standard InChI is InChI=1S/C16H15F3IN/c1-2-6-21-16(10-4-3-5-12(20)7-10)15-13(18)8-11(17)9-14(15)19/h3-5,7-9,16,21H,2,6H2,1H3. The van der Waals surface area contributed by atoms with Crippen molar-refractivity contribution in [2.45, 2.75) is 19.4 Å². The first-order chi connectivity index (χ1) is 10.0. The summed E-state index contributed by atoms with van der Waals surface area (Å²) < 4.78 is 42.2. The molecule has 5 heteroatoms. The summed E-state index contributed by atoms with van der Waals surface area (Å²) in [6, 6.07) is 8.18. The highest BCUT2D eigenvalue weighted by molar-refractivity contribution is 14.1. The maximum Gasteiger partial charge on any atom is 0.134 e. The molecule has 0 saturated heterocycles. The lowest BCUT2D eigenvalue weighted by Gasteiger charge is -2.21. The molecule has 2 aromatic carbocycles. The Kier molecular flexibility index (Phi) is 5.64. The van der Waals surface area contributed by atoms with Crippen LogP contribution in [0.5, 0.6) is 0 Å². The van der Waals surface area contributed by atoms with E-state index in [1.165, 1.54) is 0 Å². The molecule has 1 N–H and O–H groups in total. The molecular formula is C16H15F3IN. The quantitative estimate of drug-likeness (QED) is 0.705. The minimum absolute atomic E-state index is 0.146. The first-order valence-corrected chi connectivity index (χ1v) is 7.74. The van der Waals surface area contributed by atoms with Gasteiger partial charge in [-0.1, -0.05) is 19.1 Å². The molecule has 2 rings (SSSR count). The number of rotatable bonds is 5. The summed E-state index contributed by atoms with van der Waals surface area (Å²) in [5, 5.41) is 3.12. The molecule has 0 aliphatic carbocycles. The van der Waals surface area contributed by atoms with Gasteiger partial charge in [0, 0.05) is 21.3 Å². The van der Waals surface area contributed by atoms with Crippen LogP contribution in [-0.4, -0.2) is 6.54 Å². The largest absolute Gasteiger partial charge is 0.306 e. The van der Waals surface area contributed by atoms with Crippen LogP contribution >= 0.6 is 22.6 Å². The zero-order chi connectivity index (χ0) is 15.4. The van der Waals surface area contributed by atoms with Crippen LogP contribution in [0.4, 0.5) is 13.2 Å². The highest BCUT2D eigenvalue weighted by Gasteiger charge is 2.22. The molecule has 1 nitrogen and oxygen atoms in total. The molecule has 1 atom stereocenters. The minimum Gasteiger partial charge on any atom is -0.306 e. The van der Waals surface area contributed by atoms with Gasteiger partial charge in [-0.05, 0) is 53.3 Å². The number of halogens is 4. The molecule has 0 radical (unpaired) electrons. The van der Waals surface area contributed by atoms with Crippen molar-refractivity contribution in [1.82, 2.24) is 5.32 Å². The topological polar surface area (TPSA) is 12.0 Å². The third kappa shape index (κ3) is 3.97. The van der Waals surface area contributed by atoms with E-state index in [2.05, 4.69) is 27.9 Å². The average molecular weight is 405 g/mol. The number of benzene rings is 2. The second-order valence-electron chi connectivity index (χ2n) is 4.73. The van der Waals surface area contributed by atoms with Crippen molar-refractivity contribution < 1.29 is 13.2 Å². The Bertz CT molecular complexity index is 608. The second-order valence-corrected chi connectivity index (χ2v) is 5.97. The summed E-state index contributed by atoms with van der Waals surface area (Å²) in [6.45, 7) is 2.57. The van der Waals surface area contributed by atoms with E-state index >= 15 is 0 Å². The van der Waals surface area contributed by atoms with Crippen LogP contribution in [0.1, 0.15) is 30.5 Å². The van der Waals surface area contributed by atoms with Crippen LogP contribution in [0, 0.1) is 21.0 Å². The first kappa shape index (κ1) is 16.3. The zero-order valence-electron chi connectivity index (χ0n) is 11.5. The molecule has 0 aliphatic heterocycles. The van der Waals surface area contributed by atoms with Crippen LogP contribution in [-0.2, 0) is 0 Å². The molecule has 2 aromatic rings. The predicted molar refractivity (Wildman–Crippen MR) is 85.6 cm³/mol. The first-order valence-electron chi connectivity index (χ1n) is 6.66. The van der Waals surface area contributed by atoms with E-state index in [9.17, 15) is 13.2 Å². The molecule has 1 unspecified atom stereocenters. The second kappa shape index (κ2) is 7.26.